The van der Waals surface area contributed by atoms with E-state index in [4.69, 9.17) is 0 Å². The maximum absolute atomic E-state index is 13.6. The zero-order chi connectivity index (χ0) is 15.2. The van der Waals surface area contributed by atoms with Gasteiger partial charge in [-0.15, -0.1) is 0 Å². The van der Waals surface area contributed by atoms with E-state index in [9.17, 15) is 13.6 Å². The fourth-order valence-electron chi connectivity index (χ4n) is 2.02. The second-order valence-corrected chi connectivity index (χ2v) is 5.26. The molecule has 0 saturated carbocycles. The average molecular weight is 354 g/mol. The lowest BCUT2D eigenvalue weighted by molar-refractivity contribution is 0.0932. The Labute approximate surface area is 130 Å². The molecule has 0 heterocycles. The quantitative estimate of drug-likeness (QED) is 0.815. The summed E-state index contributed by atoms with van der Waals surface area (Å²) in [5.41, 5.74) is 0.493. The minimum Gasteiger partial charge on any atom is -0.348 e. The number of benzene rings is 2. The molecule has 0 aromatic heterocycles. The Morgan fingerprint density at radius 1 is 1.05 bits per heavy atom. The lowest BCUT2D eigenvalue weighted by atomic mass is 10.1. The molecule has 1 unspecified atom stereocenters. The number of rotatable bonds is 5. The molecule has 1 amide bonds. The molecule has 0 radical (unpaired) electrons. The number of hydrogen-bond acceptors (Lipinski definition) is 1. The largest absolute Gasteiger partial charge is 0.348 e. The van der Waals surface area contributed by atoms with Crippen LogP contribution in [0.25, 0.3) is 0 Å². The van der Waals surface area contributed by atoms with Crippen LogP contribution in [0.5, 0.6) is 0 Å². The third-order valence-corrected chi connectivity index (χ3v) is 3.82. The molecule has 1 N–H and O–H groups in total. The highest BCUT2D eigenvalue weighted by Crippen LogP contribution is 2.13. The molecule has 21 heavy (non-hydrogen) atoms. The summed E-state index contributed by atoms with van der Waals surface area (Å²) < 4.78 is 27.1. The minimum absolute atomic E-state index is 0.251. The van der Waals surface area contributed by atoms with Crippen LogP contribution >= 0.6 is 15.9 Å². The van der Waals surface area contributed by atoms with Crippen LogP contribution in [0.3, 0.4) is 0 Å². The summed E-state index contributed by atoms with van der Waals surface area (Å²) in [5.74, 6) is -2.47. The fraction of sp³-hybridized carbons (Fsp3) is 0.188. The van der Waals surface area contributed by atoms with Crippen LogP contribution in [0.2, 0.25) is 0 Å². The predicted molar refractivity (Wildman–Crippen MR) is 81.6 cm³/mol. The molecular formula is C16H14BrF2NO. The van der Waals surface area contributed by atoms with Crippen LogP contribution in [-0.2, 0) is 6.42 Å². The summed E-state index contributed by atoms with van der Waals surface area (Å²) in [6.45, 7) is 0. The fourth-order valence-corrected chi connectivity index (χ4v) is 2.41. The van der Waals surface area contributed by atoms with E-state index in [1.165, 1.54) is 6.07 Å². The summed E-state index contributed by atoms with van der Waals surface area (Å²) in [4.78, 5) is 12.0. The summed E-state index contributed by atoms with van der Waals surface area (Å²) in [7, 11) is 0. The summed E-state index contributed by atoms with van der Waals surface area (Å²) >= 11 is 3.31. The number of alkyl halides is 1. The molecular weight excluding hydrogens is 340 g/mol. The van der Waals surface area contributed by atoms with Crippen LogP contribution < -0.4 is 5.32 Å². The first-order chi connectivity index (χ1) is 10.1. The van der Waals surface area contributed by atoms with Crippen LogP contribution in [0.4, 0.5) is 8.78 Å². The zero-order valence-corrected chi connectivity index (χ0v) is 12.7. The van der Waals surface area contributed by atoms with Crippen molar-refractivity contribution in [1.29, 1.82) is 0 Å². The first-order valence-electron chi connectivity index (χ1n) is 6.46. The summed E-state index contributed by atoms with van der Waals surface area (Å²) in [6, 6.07) is 12.7. The van der Waals surface area contributed by atoms with Crippen molar-refractivity contribution in [3.05, 3.63) is 71.3 Å². The van der Waals surface area contributed by atoms with Gasteiger partial charge in [-0.25, -0.2) is 8.78 Å². The molecule has 5 heteroatoms. The third kappa shape index (κ3) is 4.11. The van der Waals surface area contributed by atoms with Gasteiger partial charge >= 0.3 is 0 Å². The molecule has 0 aliphatic heterocycles. The highest BCUT2D eigenvalue weighted by molar-refractivity contribution is 9.09. The molecule has 2 aromatic rings. The third-order valence-electron chi connectivity index (χ3n) is 3.04. The van der Waals surface area contributed by atoms with Crippen molar-refractivity contribution in [1.82, 2.24) is 5.32 Å². The first-order valence-corrected chi connectivity index (χ1v) is 7.58. The Morgan fingerprint density at radius 2 is 1.67 bits per heavy atom. The molecule has 0 saturated heterocycles. The normalized spacial score (nSPS) is 12.0. The molecule has 2 aromatic carbocycles. The van der Waals surface area contributed by atoms with Gasteiger partial charge in [-0.1, -0.05) is 52.3 Å². The van der Waals surface area contributed by atoms with Crippen LogP contribution in [0.1, 0.15) is 15.9 Å². The lowest BCUT2D eigenvalue weighted by Gasteiger charge is -2.17. The second-order valence-electron chi connectivity index (χ2n) is 4.61. The summed E-state index contributed by atoms with van der Waals surface area (Å²) in [6.07, 6.45) is 0.577. The SMILES string of the molecule is O=C(NC(CBr)Cc1ccccc1)c1c(F)cccc1F. The van der Waals surface area contributed by atoms with Crippen molar-refractivity contribution < 1.29 is 13.6 Å². The lowest BCUT2D eigenvalue weighted by Crippen LogP contribution is -2.38. The number of carbonyl (C=O) groups is 1. The van der Waals surface area contributed by atoms with Gasteiger partial charge in [0.05, 0.1) is 0 Å². The maximum Gasteiger partial charge on any atom is 0.257 e. The van der Waals surface area contributed by atoms with Crippen LogP contribution in [0.15, 0.2) is 48.5 Å². The van der Waals surface area contributed by atoms with E-state index in [0.29, 0.717) is 11.8 Å². The predicted octanol–water partition coefficient (Wildman–Crippen LogP) is 3.70. The average Bonchev–Trinajstić information content (AvgIpc) is 2.47. The number of nitrogens with one attached hydrogen (secondary N) is 1. The highest BCUT2D eigenvalue weighted by atomic mass is 79.9. The van der Waals surface area contributed by atoms with Gasteiger partial charge in [0.15, 0.2) is 0 Å². The number of halogens is 3. The van der Waals surface area contributed by atoms with Crippen molar-refractivity contribution >= 4 is 21.8 Å². The number of hydrogen-bond donors (Lipinski definition) is 1. The molecule has 2 rings (SSSR count). The van der Waals surface area contributed by atoms with Gasteiger partial charge in [-0.05, 0) is 24.1 Å². The Bertz CT molecular complexity index is 599. The van der Waals surface area contributed by atoms with E-state index in [0.717, 1.165) is 17.7 Å². The van der Waals surface area contributed by atoms with Gasteiger partial charge in [0.25, 0.3) is 5.91 Å². The van der Waals surface area contributed by atoms with E-state index in [2.05, 4.69) is 21.2 Å². The van der Waals surface area contributed by atoms with Crippen molar-refractivity contribution in [3.8, 4) is 0 Å². The highest BCUT2D eigenvalue weighted by Gasteiger charge is 2.20. The Balaban J connectivity index is 2.10. The zero-order valence-electron chi connectivity index (χ0n) is 11.2. The maximum atomic E-state index is 13.6. The Hall–Kier alpha value is -1.75. The van der Waals surface area contributed by atoms with Gasteiger partial charge in [0.2, 0.25) is 0 Å². The monoisotopic (exact) mass is 353 g/mol. The Morgan fingerprint density at radius 3 is 2.24 bits per heavy atom. The van der Waals surface area contributed by atoms with Gasteiger partial charge in [-0.3, -0.25) is 4.79 Å². The van der Waals surface area contributed by atoms with E-state index in [1.807, 2.05) is 30.3 Å². The molecule has 0 bridgehead atoms. The molecule has 0 spiro atoms. The van der Waals surface area contributed by atoms with E-state index in [-0.39, 0.29) is 6.04 Å². The topological polar surface area (TPSA) is 29.1 Å². The summed E-state index contributed by atoms with van der Waals surface area (Å²) in [5, 5.41) is 3.14. The van der Waals surface area contributed by atoms with Crippen molar-refractivity contribution in [2.75, 3.05) is 5.33 Å². The number of amides is 1. The van der Waals surface area contributed by atoms with Crippen molar-refractivity contribution in [3.63, 3.8) is 0 Å². The van der Waals surface area contributed by atoms with Gasteiger partial charge in [0, 0.05) is 11.4 Å². The molecule has 0 aliphatic rings. The smallest absolute Gasteiger partial charge is 0.257 e. The molecule has 1 atom stereocenters. The first kappa shape index (κ1) is 15.6. The Kier molecular flexibility index (Phi) is 5.44. The second kappa shape index (κ2) is 7.31. The van der Waals surface area contributed by atoms with Crippen LogP contribution in [0, 0.1) is 11.6 Å². The molecule has 0 aliphatic carbocycles. The van der Waals surface area contributed by atoms with E-state index in [1.54, 1.807) is 0 Å². The van der Waals surface area contributed by atoms with E-state index >= 15 is 0 Å². The number of carbonyl (C=O) groups excluding carboxylic acids is 1. The minimum atomic E-state index is -0.861. The van der Waals surface area contributed by atoms with Gasteiger partial charge < -0.3 is 5.32 Å². The standard InChI is InChI=1S/C16H14BrF2NO/c17-10-12(9-11-5-2-1-3-6-11)20-16(21)15-13(18)7-4-8-14(15)19/h1-8,12H,9-10H2,(H,20,21). The molecule has 110 valence electrons. The van der Waals surface area contributed by atoms with Crippen molar-refractivity contribution in [2.45, 2.75) is 12.5 Å². The molecule has 2 nitrogen and oxygen atoms in total. The van der Waals surface area contributed by atoms with Crippen molar-refractivity contribution in [2.24, 2.45) is 0 Å². The van der Waals surface area contributed by atoms with Gasteiger partial charge in [0.1, 0.15) is 17.2 Å². The van der Waals surface area contributed by atoms with Crippen LogP contribution in [-0.4, -0.2) is 17.3 Å². The van der Waals surface area contributed by atoms with Gasteiger partial charge in [-0.2, -0.15) is 0 Å². The molecule has 0 fully saturated rings. The van der Waals surface area contributed by atoms with E-state index < -0.39 is 23.1 Å².